The van der Waals surface area contributed by atoms with Crippen LogP contribution in [0.1, 0.15) is 73.3 Å². The Morgan fingerprint density at radius 1 is 1.18 bits per heavy atom. The number of alkyl halides is 2. The van der Waals surface area contributed by atoms with Crippen molar-refractivity contribution in [3.05, 3.63) is 39.6 Å². The monoisotopic (exact) mass is 391 g/mol. The van der Waals surface area contributed by atoms with Crippen molar-refractivity contribution in [2.24, 2.45) is 0 Å². The summed E-state index contributed by atoms with van der Waals surface area (Å²) in [7, 11) is 0. The fourth-order valence-electron chi connectivity index (χ4n) is 4.53. The normalized spacial score (nSPS) is 26.9. The first-order valence-corrected chi connectivity index (χ1v) is 9.87. The molecule has 150 valence electrons. The molecule has 1 aliphatic heterocycles. The average Bonchev–Trinajstić information content (AvgIpc) is 3.21. The van der Waals surface area contributed by atoms with Gasteiger partial charge >= 0.3 is 0 Å². The highest BCUT2D eigenvalue weighted by Gasteiger charge is 2.42. The Morgan fingerprint density at radius 2 is 1.93 bits per heavy atom. The second-order valence-corrected chi connectivity index (χ2v) is 8.16. The number of hydrogen-bond donors (Lipinski definition) is 2. The summed E-state index contributed by atoms with van der Waals surface area (Å²) in [4.78, 5) is 24.8. The van der Waals surface area contributed by atoms with Crippen LogP contribution in [0.3, 0.4) is 0 Å². The maximum atomic E-state index is 13.5. The van der Waals surface area contributed by atoms with Crippen LogP contribution >= 0.6 is 0 Å². The minimum atomic E-state index is -2.58. The van der Waals surface area contributed by atoms with Crippen molar-refractivity contribution in [3.63, 3.8) is 0 Å². The molecule has 0 spiro atoms. The molecular formula is C19H23F2N5O2. The first-order valence-electron chi connectivity index (χ1n) is 9.87. The van der Waals surface area contributed by atoms with Crippen LogP contribution in [0.15, 0.2) is 15.5 Å². The van der Waals surface area contributed by atoms with Crippen molar-refractivity contribution >= 4 is 5.82 Å². The summed E-state index contributed by atoms with van der Waals surface area (Å²) in [6.07, 6.45) is 3.97. The highest BCUT2D eigenvalue weighted by atomic mass is 19.3. The molecule has 0 aromatic carbocycles. The summed E-state index contributed by atoms with van der Waals surface area (Å²) in [5.41, 5.74) is 4.43. The largest absolute Gasteiger partial charge is 0.448 e. The Balaban J connectivity index is 1.42. The number of aryl methyl sites for hydroxylation is 1. The molecule has 3 aliphatic rings. The maximum Gasteiger partial charge on any atom is 0.257 e. The first kappa shape index (κ1) is 17.8. The molecule has 0 amide bonds. The lowest BCUT2D eigenvalue weighted by molar-refractivity contribution is -0.0386. The van der Waals surface area contributed by atoms with E-state index >= 15 is 0 Å². The van der Waals surface area contributed by atoms with Gasteiger partial charge in [0.25, 0.3) is 5.56 Å². The number of hydrazine groups is 1. The number of halogens is 2. The third kappa shape index (κ3) is 2.92. The molecule has 2 saturated carbocycles. The van der Waals surface area contributed by atoms with Crippen LogP contribution in [0.4, 0.5) is 14.6 Å². The Kier molecular flexibility index (Phi) is 4.04. The van der Waals surface area contributed by atoms with Crippen molar-refractivity contribution in [1.29, 1.82) is 0 Å². The quantitative estimate of drug-likeness (QED) is 0.836. The number of anilines is 1. The van der Waals surface area contributed by atoms with Gasteiger partial charge in [-0.3, -0.25) is 9.80 Å². The number of fused-ring (bicyclic) bond motifs is 1. The van der Waals surface area contributed by atoms with Gasteiger partial charge in [0.1, 0.15) is 12.1 Å². The number of H-pyrrole nitrogens is 1. The number of nitrogens with zero attached hydrogens (tertiary/aromatic N) is 3. The van der Waals surface area contributed by atoms with Crippen molar-refractivity contribution in [2.75, 3.05) is 5.01 Å². The molecule has 3 heterocycles. The summed E-state index contributed by atoms with van der Waals surface area (Å²) in [6, 6.07) is -0.0744. The van der Waals surface area contributed by atoms with Gasteiger partial charge in [0.15, 0.2) is 11.7 Å². The second kappa shape index (κ2) is 6.37. The van der Waals surface area contributed by atoms with Crippen LogP contribution in [0.2, 0.25) is 0 Å². The van der Waals surface area contributed by atoms with E-state index < -0.39 is 5.92 Å². The number of oxazole rings is 1. The van der Waals surface area contributed by atoms with Gasteiger partial charge in [-0.1, -0.05) is 0 Å². The van der Waals surface area contributed by atoms with Crippen molar-refractivity contribution in [2.45, 2.75) is 75.8 Å². The number of aromatic nitrogens is 3. The van der Waals surface area contributed by atoms with Gasteiger partial charge in [-0.05, 0) is 32.6 Å². The predicted octanol–water partition coefficient (Wildman–Crippen LogP) is 3.13. The zero-order valence-electron chi connectivity index (χ0n) is 15.7. The van der Waals surface area contributed by atoms with Crippen molar-refractivity contribution < 1.29 is 13.2 Å². The predicted molar refractivity (Wildman–Crippen MR) is 97.3 cm³/mol. The molecule has 2 atom stereocenters. The Hall–Kier alpha value is -2.29. The highest BCUT2D eigenvalue weighted by Crippen LogP contribution is 2.48. The highest BCUT2D eigenvalue weighted by molar-refractivity contribution is 5.50. The number of hydrogen-bond acceptors (Lipinski definition) is 6. The van der Waals surface area contributed by atoms with Crippen molar-refractivity contribution in [1.82, 2.24) is 20.4 Å². The molecule has 0 unspecified atom stereocenters. The van der Waals surface area contributed by atoms with E-state index in [0.717, 1.165) is 18.5 Å². The smallest absolute Gasteiger partial charge is 0.257 e. The van der Waals surface area contributed by atoms with Gasteiger partial charge in [0, 0.05) is 37.3 Å². The standard InChI is InChI=1S/C19H23F2N5O2/c1-10-9-28-18(23-10)13-3-2-12(13)15-24-16-14(17(27)25-15)8-22-26(16)11-4-6-19(20,21)7-5-11/h9,11-13,22H,2-8H2,1H3,(H,24,25,27)/t12-,13+/m1/s1. The van der Waals surface area contributed by atoms with Crippen LogP contribution in [-0.4, -0.2) is 26.9 Å². The van der Waals surface area contributed by atoms with E-state index in [1.807, 2.05) is 11.9 Å². The van der Waals surface area contributed by atoms with Gasteiger partial charge in [-0.25, -0.2) is 24.2 Å². The summed E-state index contributed by atoms with van der Waals surface area (Å²) < 4.78 is 32.6. The molecule has 0 saturated heterocycles. The van der Waals surface area contributed by atoms with Crippen LogP contribution in [0, 0.1) is 6.92 Å². The lowest BCUT2D eigenvalue weighted by Crippen LogP contribution is -2.45. The van der Waals surface area contributed by atoms with E-state index in [2.05, 4.69) is 15.4 Å². The van der Waals surface area contributed by atoms with Crippen LogP contribution in [-0.2, 0) is 6.54 Å². The van der Waals surface area contributed by atoms with E-state index in [1.165, 1.54) is 0 Å². The topological polar surface area (TPSA) is 87.0 Å². The van der Waals surface area contributed by atoms with E-state index in [4.69, 9.17) is 9.40 Å². The molecule has 2 aromatic rings. The molecule has 9 heteroatoms. The lowest BCUT2D eigenvalue weighted by atomic mass is 9.73. The van der Waals surface area contributed by atoms with Crippen LogP contribution in [0.5, 0.6) is 0 Å². The minimum Gasteiger partial charge on any atom is -0.448 e. The third-order valence-corrected chi connectivity index (χ3v) is 6.30. The van der Waals surface area contributed by atoms with Gasteiger partial charge in [-0.2, -0.15) is 0 Å². The zero-order valence-corrected chi connectivity index (χ0v) is 15.7. The second-order valence-electron chi connectivity index (χ2n) is 8.16. The van der Waals surface area contributed by atoms with Gasteiger partial charge in [0.2, 0.25) is 5.92 Å². The van der Waals surface area contributed by atoms with Crippen molar-refractivity contribution in [3.8, 4) is 0 Å². The number of nitrogens with one attached hydrogen (secondary N) is 2. The lowest BCUT2D eigenvalue weighted by Gasteiger charge is -2.36. The SMILES string of the molecule is Cc1coc([C@H]2CC[C@H]2c2nc3c(c(=O)[nH]2)CNN3C2CCC(F)(F)CC2)n1. The Bertz CT molecular complexity index is 946. The molecule has 2 N–H and O–H groups in total. The van der Waals surface area contributed by atoms with Gasteiger partial charge < -0.3 is 9.40 Å². The summed E-state index contributed by atoms with van der Waals surface area (Å²) >= 11 is 0. The van der Waals surface area contributed by atoms with E-state index in [1.54, 1.807) is 6.26 Å². The number of aromatic amines is 1. The molecule has 2 aromatic heterocycles. The fourth-order valence-corrected chi connectivity index (χ4v) is 4.53. The molecule has 0 radical (unpaired) electrons. The molecule has 28 heavy (non-hydrogen) atoms. The third-order valence-electron chi connectivity index (χ3n) is 6.30. The minimum absolute atomic E-state index is 0.0502. The van der Waals surface area contributed by atoms with E-state index in [9.17, 15) is 13.6 Å². The molecule has 0 bridgehead atoms. The van der Waals surface area contributed by atoms with Gasteiger partial charge in [-0.15, -0.1) is 0 Å². The molecular weight excluding hydrogens is 368 g/mol. The molecule has 7 nitrogen and oxygen atoms in total. The molecule has 2 aliphatic carbocycles. The Morgan fingerprint density at radius 3 is 2.57 bits per heavy atom. The summed E-state index contributed by atoms with van der Waals surface area (Å²) in [5, 5.41) is 1.84. The molecule has 2 fully saturated rings. The Labute approximate surface area is 160 Å². The summed E-state index contributed by atoms with van der Waals surface area (Å²) in [5.74, 6) is -0.533. The van der Waals surface area contributed by atoms with Gasteiger partial charge in [0.05, 0.1) is 11.3 Å². The summed E-state index contributed by atoms with van der Waals surface area (Å²) in [6.45, 7) is 2.26. The fraction of sp³-hybridized carbons (Fsp3) is 0.632. The first-order chi connectivity index (χ1) is 13.4. The maximum absolute atomic E-state index is 13.5. The van der Waals surface area contributed by atoms with Crippen LogP contribution < -0.4 is 16.0 Å². The van der Waals surface area contributed by atoms with E-state index in [-0.39, 0.29) is 36.3 Å². The molecule has 5 rings (SSSR count). The number of rotatable bonds is 3. The average molecular weight is 391 g/mol. The van der Waals surface area contributed by atoms with E-state index in [0.29, 0.717) is 42.5 Å². The zero-order chi connectivity index (χ0) is 19.5. The van der Waals surface area contributed by atoms with Crippen LogP contribution in [0.25, 0.3) is 0 Å².